The van der Waals surface area contributed by atoms with E-state index in [-0.39, 0.29) is 55.1 Å². The summed E-state index contributed by atoms with van der Waals surface area (Å²) in [5, 5.41) is 32.9. The summed E-state index contributed by atoms with van der Waals surface area (Å²) in [6.45, 7) is 8.82. The van der Waals surface area contributed by atoms with Gasteiger partial charge in [-0.15, -0.1) is 0 Å². The molecule has 3 fully saturated rings. The minimum absolute atomic E-state index is 0.0210. The predicted molar refractivity (Wildman–Crippen MR) is 139 cm³/mol. The molecule has 0 aromatic heterocycles. The molecule has 38 heavy (non-hydrogen) atoms. The summed E-state index contributed by atoms with van der Waals surface area (Å²) in [7, 11) is 0. The van der Waals surface area contributed by atoms with Gasteiger partial charge in [0, 0.05) is 16.7 Å². The molecule has 0 saturated heterocycles. The fourth-order valence-corrected chi connectivity index (χ4v) is 8.82. The van der Waals surface area contributed by atoms with Crippen LogP contribution in [0.15, 0.2) is 23.8 Å². The number of ether oxygens (including phenoxy) is 1. The van der Waals surface area contributed by atoms with Crippen LogP contribution < -0.4 is 0 Å². The van der Waals surface area contributed by atoms with E-state index < -0.39 is 58.7 Å². The molecule has 0 radical (unpaired) electrons. The van der Waals surface area contributed by atoms with E-state index in [9.17, 15) is 34.5 Å². The van der Waals surface area contributed by atoms with Crippen molar-refractivity contribution in [3.8, 4) is 0 Å². The maximum absolute atomic E-state index is 13.5. The lowest BCUT2D eigenvalue weighted by Crippen LogP contribution is -2.62. The van der Waals surface area contributed by atoms with Gasteiger partial charge in [0.25, 0.3) is 0 Å². The van der Waals surface area contributed by atoms with E-state index in [2.05, 4.69) is 13.8 Å². The van der Waals surface area contributed by atoms with E-state index in [0.29, 0.717) is 6.42 Å². The topological polar surface area (TPSA) is 138 Å². The number of esters is 1. The Labute approximate surface area is 224 Å². The Hall–Kier alpha value is -2.32. The second-order valence-corrected chi connectivity index (χ2v) is 12.5. The number of Topliss-reactive ketones (excluding diaryl/α,β-unsaturated/α-hetero) is 1. The maximum Gasteiger partial charge on any atom is 0.310 e. The van der Waals surface area contributed by atoms with Crippen LogP contribution in [0.4, 0.5) is 0 Å². The second-order valence-electron chi connectivity index (χ2n) is 12.5. The number of carboxylic acids is 1. The molecule has 210 valence electrons. The molecule has 0 bridgehead atoms. The maximum atomic E-state index is 13.5. The average Bonchev–Trinajstić information content (AvgIpc) is 3.12. The number of hydrogen-bond donors (Lipinski definition) is 3. The van der Waals surface area contributed by atoms with Crippen LogP contribution in [0.5, 0.6) is 0 Å². The van der Waals surface area contributed by atoms with Crippen molar-refractivity contribution in [3.63, 3.8) is 0 Å². The van der Waals surface area contributed by atoms with Gasteiger partial charge in [-0.2, -0.15) is 0 Å². The van der Waals surface area contributed by atoms with Gasteiger partial charge in [-0.1, -0.05) is 46.3 Å². The quantitative estimate of drug-likeness (QED) is 0.406. The first kappa shape index (κ1) is 28.7. The molecular weight excluding hydrogens is 488 g/mol. The number of rotatable bonds is 8. The van der Waals surface area contributed by atoms with Crippen molar-refractivity contribution in [3.05, 3.63) is 23.8 Å². The van der Waals surface area contributed by atoms with Crippen molar-refractivity contribution in [1.82, 2.24) is 0 Å². The van der Waals surface area contributed by atoms with Gasteiger partial charge in [-0.25, -0.2) is 0 Å². The molecule has 8 nitrogen and oxygen atoms in total. The Morgan fingerprint density at radius 2 is 1.82 bits per heavy atom. The number of carbonyl (C=O) groups is 4. The molecule has 4 aliphatic carbocycles. The SMILES string of the molecule is CC[C@@H](C(=O)O)[C@@H](CC)C(=O)OCC(=O)[C@]1(O)CC[C@H]2[C@@H]3C[C@H](C)C4=CC(=O)C=C[C@]4(C)[C@H]3[C@@H](O)C[C@@]21C. The number of allylic oxidation sites excluding steroid dienone is 4. The number of aliphatic carboxylic acids is 1. The molecule has 0 spiro atoms. The molecule has 8 heteroatoms. The van der Waals surface area contributed by atoms with Crippen LogP contribution in [0.25, 0.3) is 0 Å². The average molecular weight is 531 g/mol. The monoisotopic (exact) mass is 530 g/mol. The highest BCUT2D eigenvalue weighted by Crippen LogP contribution is 2.67. The summed E-state index contributed by atoms with van der Waals surface area (Å²) in [6, 6.07) is 0. The Kier molecular flexibility index (Phi) is 7.56. The predicted octanol–water partition coefficient (Wildman–Crippen LogP) is 3.49. The van der Waals surface area contributed by atoms with E-state index in [4.69, 9.17) is 4.74 Å². The molecule has 0 aromatic carbocycles. The number of carboxylic acid groups (broad SMARTS) is 1. The molecule has 3 saturated carbocycles. The lowest BCUT2D eigenvalue weighted by molar-refractivity contribution is -0.183. The third-order valence-electron chi connectivity index (χ3n) is 10.8. The van der Waals surface area contributed by atoms with Crippen molar-refractivity contribution < 1.29 is 39.2 Å². The minimum atomic E-state index is -1.76. The fourth-order valence-electron chi connectivity index (χ4n) is 8.82. The number of fused-ring (bicyclic) bond motifs is 5. The van der Waals surface area contributed by atoms with Crippen molar-refractivity contribution in [1.29, 1.82) is 0 Å². The van der Waals surface area contributed by atoms with Crippen molar-refractivity contribution in [2.24, 2.45) is 46.3 Å². The molecule has 3 N–H and O–H groups in total. The molecule has 4 rings (SSSR count). The Morgan fingerprint density at radius 1 is 1.16 bits per heavy atom. The summed E-state index contributed by atoms with van der Waals surface area (Å²) in [4.78, 5) is 49.9. The van der Waals surface area contributed by atoms with Gasteiger partial charge in [0.1, 0.15) is 5.60 Å². The van der Waals surface area contributed by atoms with Gasteiger partial charge in [-0.3, -0.25) is 19.2 Å². The summed E-state index contributed by atoms with van der Waals surface area (Å²) < 4.78 is 5.32. The summed E-state index contributed by atoms with van der Waals surface area (Å²) >= 11 is 0. The van der Waals surface area contributed by atoms with Gasteiger partial charge < -0.3 is 20.1 Å². The molecular formula is C30H42O8. The van der Waals surface area contributed by atoms with Crippen LogP contribution >= 0.6 is 0 Å². The summed E-state index contributed by atoms with van der Waals surface area (Å²) in [5.41, 5.74) is -2.09. The van der Waals surface area contributed by atoms with Crippen molar-refractivity contribution >= 4 is 23.5 Å². The Bertz CT molecular complexity index is 1080. The third kappa shape index (κ3) is 4.19. The number of carbonyl (C=O) groups excluding carboxylic acids is 3. The van der Waals surface area contributed by atoms with Gasteiger partial charge in [0.05, 0.1) is 17.9 Å². The molecule has 0 amide bonds. The van der Waals surface area contributed by atoms with Crippen LogP contribution in [0.2, 0.25) is 0 Å². The highest BCUT2D eigenvalue weighted by Gasteiger charge is 2.68. The first-order chi connectivity index (χ1) is 17.7. The molecule has 0 heterocycles. The third-order valence-corrected chi connectivity index (χ3v) is 10.8. The molecule has 10 atom stereocenters. The van der Waals surface area contributed by atoms with Gasteiger partial charge >= 0.3 is 11.9 Å². The summed E-state index contributed by atoms with van der Waals surface area (Å²) in [6.07, 6.45) is 6.78. The highest BCUT2D eigenvalue weighted by molar-refractivity contribution is 6.01. The van der Waals surface area contributed by atoms with Crippen LogP contribution in [0.1, 0.15) is 73.1 Å². The molecule has 0 aliphatic heterocycles. The van der Waals surface area contributed by atoms with E-state index in [1.54, 1.807) is 26.0 Å². The zero-order chi connectivity index (χ0) is 28.2. The number of hydrogen-bond acceptors (Lipinski definition) is 7. The van der Waals surface area contributed by atoms with E-state index in [1.165, 1.54) is 0 Å². The standard InChI is InChI=1S/C30H42O8/c1-6-18(26(34)35)19(7-2)27(36)38-15-24(33)30(37)11-9-21-20-12-16(3)22-13-17(31)8-10-28(22,4)25(20)23(32)14-29(21,30)5/h8,10,13,16,18-21,23,25,32,37H,6-7,9,11-12,14-15H2,1-5H3,(H,34,35)/t16-,18+,19+,20-,21-,23-,25+,28-,29-,30+/m0/s1. The lowest BCUT2D eigenvalue weighted by atomic mass is 9.45. The van der Waals surface area contributed by atoms with Gasteiger partial charge in [0.15, 0.2) is 12.4 Å². The zero-order valence-electron chi connectivity index (χ0n) is 23.1. The van der Waals surface area contributed by atoms with Crippen LogP contribution in [0.3, 0.4) is 0 Å². The first-order valence-electron chi connectivity index (χ1n) is 14.0. The number of aliphatic hydroxyl groups is 2. The summed E-state index contributed by atoms with van der Waals surface area (Å²) in [5.74, 6) is -4.20. The largest absolute Gasteiger partial charge is 0.481 e. The van der Waals surface area contributed by atoms with Gasteiger partial charge in [0.2, 0.25) is 5.78 Å². The first-order valence-corrected chi connectivity index (χ1v) is 14.0. The lowest BCUT2D eigenvalue weighted by Gasteiger charge is -2.60. The Morgan fingerprint density at radius 3 is 2.42 bits per heavy atom. The van der Waals surface area contributed by atoms with E-state index >= 15 is 0 Å². The van der Waals surface area contributed by atoms with Crippen LogP contribution in [-0.2, 0) is 23.9 Å². The minimum Gasteiger partial charge on any atom is -0.481 e. The van der Waals surface area contributed by atoms with Crippen LogP contribution in [-0.4, -0.2) is 57.1 Å². The smallest absolute Gasteiger partial charge is 0.310 e. The number of aliphatic hydroxyl groups excluding tert-OH is 1. The fraction of sp³-hybridized carbons (Fsp3) is 0.733. The van der Waals surface area contributed by atoms with Crippen molar-refractivity contribution in [2.75, 3.05) is 6.61 Å². The van der Waals surface area contributed by atoms with Crippen molar-refractivity contribution in [2.45, 2.75) is 84.8 Å². The highest BCUT2D eigenvalue weighted by atomic mass is 16.5. The van der Waals surface area contributed by atoms with E-state index in [1.807, 2.05) is 13.0 Å². The zero-order valence-corrected chi connectivity index (χ0v) is 23.1. The normalized spacial score (nSPS) is 41.3. The second kappa shape index (κ2) is 10.0. The Balaban J connectivity index is 1.55. The van der Waals surface area contributed by atoms with Gasteiger partial charge in [-0.05, 0) is 68.4 Å². The molecule has 0 aromatic rings. The van der Waals surface area contributed by atoms with E-state index in [0.717, 1.165) is 12.0 Å². The number of ketones is 2. The molecule has 4 aliphatic rings. The van der Waals surface area contributed by atoms with Crippen LogP contribution in [0, 0.1) is 46.3 Å². The molecule has 0 unspecified atom stereocenters.